The van der Waals surface area contributed by atoms with Crippen LogP contribution in [0, 0.1) is 0 Å². The van der Waals surface area contributed by atoms with Crippen molar-refractivity contribution in [2.75, 3.05) is 19.8 Å². The largest absolute Gasteiger partial charge is 0.395 e. The Balaban J connectivity index is 1.83. The van der Waals surface area contributed by atoms with Crippen molar-refractivity contribution in [2.24, 2.45) is 0 Å². The molecule has 1 heterocycles. The Bertz CT molecular complexity index is 316. The van der Waals surface area contributed by atoms with Gasteiger partial charge in [0.15, 0.2) is 5.60 Å². The van der Waals surface area contributed by atoms with Crippen molar-refractivity contribution in [3.63, 3.8) is 0 Å². The number of rotatable bonds is 17. The number of aliphatic hydroxyl groups is 1. The number of epoxide rings is 1. The smallest absolute Gasteiger partial charge is 0.254 e. The Hall–Kier alpha value is -0.610. The van der Waals surface area contributed by atoms with Crippen LogP contribution in [0.2, 0.25) is 0 Å². The molecule has 1 amide bonds. The molecule has 1 atom stereocenters. The minimum absolute atomic E-state index is 0.0133. The number of hydrogen-bond acceptors (Lipinski definition) is 3. The van der Waals surface area contributed by atoms with E-state index in [2.05, 4.69) is 12.2 Å². The molecule has 0 aromatic heterocycles. The third-order valence-corrected chi connectivity index (χ3v) is 4.99. The molecule has 0 radical (unpaired) electrons. The molecule has 2 N–H and O–H groups in total. The second-order valence-corrected chi connectivity index (χ2v) is 7.26. The van der Waals surface area contributed by atoms with Crippen LogP contribution in [0.25, 0.3) is 0 Å². The van der Waals surface area contributed by atoms with Crippen LogP contribution in [-0.2, 0) is 9.53 Å². The molecule has 142 valence electrons. The second-order valence-electron chi connectivity index (χ2n) is 7.26. The van der Waals surface area contributed by atoms with Gasteiger partial charge in [0.2, 0.25) is 0 Å². The summed E-state index contributed by atoms with van der Waals surface area (Å²) in [6, 6.07) is 0. The second kappa shape index (κ2) is 13.7. The fourth-order valence-corrected chi connectivity index (χ4v) is 3.23. The Kier molecular flexibility index (Phi) is 12.2. The van der Waals surface area contributed by atoms with Crippen LogP contribution in [0.15, 0.2) is 0 Å². The summed E-state index contributed by atoms with van der Waals surface area (Å²) in [6.45, 7) is 3.12. The van der Waals surface area contributed by atoms with E-state index < -0.39 is 5.60 Å². The van der Waals surface area contributed by atoms with Crippen molar-refractivity contribution in [2.45, 2.75) is 102 Å². The summed E-state index contributed by atoms with van der Waals surface area (Å²) in [5.41, 5.74) is -0.563. The Morgan fingerprint density at radius 3 is 1.79 bits per heavy atom. The first-order valence-corrected chi connectivity index (χ1v) is 10.3. The summed E-state index contributed by atoms with van der Waals surface area (Å²) in [4.78, 5) is 11.9. The molecule has 1 fully saturated rings. The van der Waals surface area contributed by atoms with Crippen molar-refractivity contribution in [1.82, 2.24) is 5.32 Å². The lowest BCUT2D eigenvalue weighted by Crippen LogP contribution is -2.38. The van der Waals surface area contributed by atoms with Gasteiger partial charge in [-0.25, -0.2) is 0 Å². The Morgan fingerprint density at radius 2 is 1.38 bits per heavy atom. The van der Waals surface area contributed by atoms with Crippen molar-refractivity contribution >= 4 is 5.91 Å². The fourth-order valence-electron chi connectivity index (χ4n) is 3.23. The highest BCUT2D eigenvalue weighted by molar-refractivity contribution is 5.87. The van der Waals surface area contributed by atoms with E-state index in [4.69, 9.17) is 9.84 Å². The van der Waals surface area contributed by atoms with Gasteiger partial charge in [-0.1, -0.05) is 84.0 Å². The molecule has 1 saturated heterocycles. The van der Waals surface area contributed by atoms with Gasteiger partial charge in [-0.05, 0) is 12.8 Å². The maximum atomic E-state index is 11.9. The monoisotopic (exact) mass is 341 g/mol. The number of unbranched alkanes of at least 4 members (excludes halogenated alkanes) is 12. The number of hydrogen-bond donors (Lipinski definition) is 2. The zero-order valence-corrected chi connectivity index (χ0v) is 15.8. The molecule has 4 heteroatoms. The lowest BCUT2D eigenvalue weighted by molar-refractivity contribution is -0.126. The lowest BCUT2D eigenvalue weighted by atomic mass is 9.99. The van der Waals surface area contributed by atoms with E-state index in [-0.39, 0.29) is 12.5 Å². The first-order chi connectivity index (χ1) is 11.7. The van der Waals surface area contributed by atoms with Crippen LogP contribution < -0.4 is 5.32 Å². The molecule has 0 aromatic rings. The maximum absolute atomic E-state index is 11.9. The summed E-state index contributed by atoms with van der Waals surface area (Å²) in [5, 5.41) is 11.5. The summed E-state index contributed by atoms with van der Waals surface area (Å²) >= 11 is 0. The van der Waals surface area contributed by atoms with Crippen molar-refractivity contribution in [1.29, 1.82) is 0 Å². The average molecular weight is 342 g/mol. The Labute approximate surface area is 148 Å². The summed E-state index contributed by atoms with van der Waals surface area (Å²) in [6.07, 6.45) is 18.2. The van der Waals surface area contributed by atoms with Crippen LogP contribution in [0.4, 0.5) is 0 Å². The zero-order chi connectivity index (χ0) is 17.5. The zero-order valence-electron chi connectivity index (χ0n) is 15.8. The quantitative estimate of drug-likeness (QED) is 0.305. The third-order valence-electron chi connectivity index (χ3n) is 4.99. The molecule has 1 rings (SSSR count). The molecule has 1 aliphatic rings. The van der Waals surface area contributed by atoms with Gasteiger partial charge in [-0.2, -0.15) is 0 Å². The highest BCUT2D eigenvalue weighted by Crippen LogP contribution is 2.33. The molecular formula is C20H39NO3. The average Bonchev–Trinajstić information content (AvgIpc) is 3.38. The topological polar surface area (TPSA) is 61.9 Å². The fraction of sp³-hybridized carbons (Fsp3) is 0.950. The number of aliphatic hydroxyl groups excluding tert-OH is 1. The number of nitrogens with one attached hydrogen (secondary N) is 1. The van der Waals surface area contributed by atoms with Crippen LogP contribution in [-0.4, -0.2) is 36.4 Å². The molecule has 4 nitrogen and oxygen atoms in total. The highest BCUT2D eigenvalue weighted by atomic mass is 16.6. The number of ether oxygens (including phenoxy) is 1. The summed E-state index contributed by atoms with van der Waals surface area (Å²) in [7, 11) is 0. The molecule has 0 bridgehead atoms. The highest BCUT2D eigenvalue weighted by Gasteiger charge is 2.51. The van der Waals surface area contributed by atoms with E-state index in [1.54, 1.807) is 0 Å². The normalized spacial score (nSPS) is 19.4. The minimum atomic E-state index is -0.563. The van der Waals surface area contributed by atoms with E-state index >= 15 is 0 Å². The lowest BCUT2D eigenvalue weighted by Gasteiger charge is -2.11. The van der Waals surface area contributed by atoms with E-state index in [9.17, 15) is 4.79 Å². The van der Waals surface area contributed by atoms with Crippen LogP contribution in [0.3, 0.4) is 0 Å². The molecular weight excluding hydrogens is 302 g/mol. The van der Waals surface area contributed by atoms with Gasteiger partial charge >= 0.3 is 0 Å². The predicted octanol–water partition coefficient (Wildman–Crippen LogP) is 4.35. The van der Waals surface area contributed by atoms with Gasteiger partial charge < -0.3 is 15.2 Å². The van der Waals surface area contributed by atoms with Gasteiger partial charge in [-0.15, -0.1) is 0 Å². The van der Waals surface area contributed by atoms with Crippen molar-refractivity contribution in [3.8, 4) is 0 Å². The van der Waals surface area contributed by atoms with E-state index in [1.165, 1.54) is 77.0 Å². The number of amides is 1. The van der Waals surface area contributed by atoms with E-state index in [1.807, 2.05) is 0 Å². The first kappa shape index (κ1) is 21.4. The standard InChI is InChI=1S/C20H39NO3/c1-2-3-4-5-6-7-8-9-10-11-12-13-14-15-20(18-24-20)19(23)21-16-17-22/h22H,2-18H2,1H3,(H,21,23). The van der Waals surface area contributed by atoms with Gasteiger partial charge in [-0.3, -0.25) is 4.79 Å². The van der Waals surface area contributed by atoms with Gasteiger partial charge in [0.05, 0.1) is 13.2 Å². The molecule has 1 unspecified atom stereocenters. The maximum Gasteiger partial charge on any atom is 0.254 e. The molecule has 24 heavy (non-hydrogen) atoms. The van der Waals surface area contributed by atoms with E-state index in [0.717, 1.165) is 12.8 Å². The SMILES string of the molecule is CCCCCCCCCCCCCCCC1(C(=O)NCCO)CO1. The van der Waals surface area contributed by atoms with Gasteiger partial charge in [0.25, 0.3) is 5.91 Å². The molecule has 0 aromatic carbocycles. The Morgan fingerprint density at radius 1 is 0.917 bits per heavy atom. The predicted molar refractivity (Wildman–Crippen MR) is 99.1 cm³/mol. The van der Waals surface area contributed by atoms with Crippen LogP contribution in [0.5, 0.6) is 0 Å². The number of carbonyl (C=O) groups excluding carboxylic acids is 1. The molecule has 0 saturated carbocycles. The number of carbonyl (C=O) groups is 1. The minimum Gasteiger partial charge on any atom is -0.395 e. The van der Waals surface area contributed by atoms with E-state index in [0.29, 0.717) is 13.2 Å². The summed E-state index contributed by atoms with van der Waals surface area (Å²) < 4.78 is 5.37. The van der Waals surface area contributed by atoms with Crippen LogP contribution >= 0.6 is 0 Å². The van der Waals surface area contributed by atoms with Crippen LogP contribution in [0.1, 0.15) is 96.8 Å². The van der Waals surface area contributed by atoms with Crippen molar-refractivity contribution in [3.05, 3.63) is 0 Å². The molecule has 0 aliphatic carbocycles. The third kappa shape index (κ3) is 9.63. The first-order valence-electron chi connectivity index (χ1n) is 10.3. The van der Waals surface area contributed by atoms with Crippen molar-refractivity contribution < 1.29 is 14.6 Å². The molecule has 1 aliphatic heterocycles. The van der Waals surface area contributed by atoms with Gasteiger partial charge in [0.1, 0.15) is 0 Å². The van der Waals surface area contributed by atoms with Gasteiger partial charge in [0, 0.05) is 6.54 Å². The summed E-state index contributed by atoms with van der Waals surface area (Å²) in [5.74, 6) is -0.0458. The molecule has 0 spiro atoms.